The molecule has 1 aromatic rings. The molecular weight excluding hydrogens is 192 g/mol. The van der Waals surface area contributed by atoms with Crippen LogP contribution in [0.5, 0.6) is 5.75 Å². The number of hydrogen-bond acceptors (Lipinski definition) is 3. The Morgan fingerprint density at radius 2 is 1.93 bits per heavy atom. The minimum absolute atomic E-state index is 0.525. The van der Waals surface area contributed by atoms with Crippen molar-refractivity contribution in [2.75, 3.05) is 7.11 Å². The summed E-state index contributed by atoms with van der Waals surface area (Å²) < 4.78 is 5.16. The molecule has 82 valence electrons. The summed E-state index contributed by atoms with van der Waals surface area (Å²) in [5, 5.41) is 0. The molecule has 4 nitrogen and oxygen atoms in total. The van der Waals surface area contributed by atoms with Crippen LogP contribution in [0.15, 0.2) is 12.1 Å². The number of amides is 1. The molecule has 0 spiro atoms. The van der Waals surface area contributed by atoms with Crippen LogP contribution < -0.4 is 16.2 Å². The molecule has 1 aromatic carbocycles. The maximum absolute atomic E-state index is 11.0. The Balaban J connectivity index is 3.21. The van der Waals surface area contributed by atoms with E-state index in [9.17, 15) is 4.79 Å². The SMILES string of the molecule is COc1cc(C)c(C(N)C(N)=O)cc1C. The van der Waals surface area contributed by atoms with E-state index >= 15 is 0 Å². The largest absolute Gasteiger partial charge is 0.496 e. The number of rotatable bonds is 3. The van der Waals surface area contributed by atoms with Gasteiger partial charge in [-0.15, -0.1) is 0 Å². The van der Waals surface area contributed by atoms with Crippen molar-refractivity contribution in [3.63, 3.8) is 0 Å². The van der Waals surface area contributed by atoms with Gasteiger partial charge in [-0.2, -0.15) is 0 Å². The summed E-state index contributed by atoms with van der Waals surface area (Å²) in [5.74, 6) is 0.260. The molecule has 1 rings (SSSR count). The Hall–Kier alpha value is -1.55. The molecule has 0 saturated carbocycles. The van der Waals surface area contributed by atoms with Crippen LogP contribution in [-0.2, 0) is 4.79 Å². The normalized spacial score (nSPS) is 12.3. The van der Waals surface area contributed by atoms with Crippen LogP contribution in [0.3, 0.4) is 0 Å². The molecule has 0 aliphatic heterocycles. The van der Waals surface area contributed by atoms with E-state index in [2.05, 4.69) is 0 Å². The Labute approximate surface area is 89.2 Å². The van der Waals surface area contributed by atoms with Crippen LogP contribution in [-0.4, -0.2) is 13.0 Å². The molecule has 0 bridgehead atoms. The highest BCUT2D eigenvalue weighted by molar-refractivity contribution is 5.81. The van der Waals surface area contributed by atoms with Gasteiger partial charge in [0.1, 0.15) is 11.8 Å². The molecule has 1 unspecified atom stereocenters. The Kier molecular flexibility index (Phi) is 3.31. The van der Waals surface area contributed by atoms with Gasteiger partial charge in [0.05, 0.1) is 7.11 Å². The Morgan fingerprint density at radius 3 is 2.40 bits per heavy atom. The lowest BCUT2D eigenvalue weighted by molar-refractivity contribution is -0.119. The predicted octanol–water partition coefficient (Wildman–Crippen LogP) is 0.797. The molecule has 0 radical (unpaired) electrons. The average molecular weight is 208 g/mol. The molecule has 0 aliphatic carbocycles. The summed E-state index contributed by atoms with van der Waals surface area (Å²) >= 11 is 0. The van der Waals surface area contributed by atoms with Gasteiger partial charge >= 0.3 is 0 Å². The maximum Gasteiger partial charge on any atom is 0.238 e. The molecule has 0 fully saturated rings. The number of carbonyl (C=O) groups excluding carboxylic acids is 1. The number of carbonyl (C=O) groups is 1. The van der Waals surface area contributed by atoms with Crippen molar-refractivity contribution in [2.24, 2.45) is 11.5 Å². The Bertz CT molecular complexity index is 388. The van der Waals surface area contributed by atoms with Crippen LogP contribution in [0.1, 0.15) is 22.7 Å². The summed E-state index contributed by atoms with van der Waals surface area (Å²) in [7, 11) is 1.61. The van der Waals surface area contributed by atoms with Crippen molar-refractivity contribution >= 4 is 5.91 Å². The second-order valence-corrected chi connectivity index (χ2v) is 3.56. The van der Waals surface area contributed by atoms with E-state index < -0.39 is 11.9 Å². The lowest BCUT2D eigenvalue weighted by Crippen LogP contribution is -2.28. The van der Waals surface area contributed by atoms with Crippen molar-refractivity contribution < 1.29 is 9.53 Å². The zero-order chi connectivity index (χ0) is 11.6. The van der Waals surface area contributed by atoms with Crippen LogP contribution in [0.25, 0.3) is 0 Å². The number of hydrogen-bond donors (Lipinski definition) is 2. The predicted molar refractivity (Wildman–Crippen MR) is 58.6 cm³/mol. The Morgan fingerprint density at radius 1 is 1.33 bits per heavy atom. The van der Waals surface area contributed by atoms with Gasteiger partial charge in [-0.05, 0) is 36.6 Å². The van der Waals surface area contributed by atoms with Crippen molar-refractivity contribution in [1.82, 2.24) is 0 Å². The molecule has 15 heavy (non-hydrogen) atoms. The van der Waals surface area contributed by atoms with Crippen molar-refractivity contribution in [1.29, 1.82) is 0 Å². The highest BCUT2D eigenvalue weighted by atomic mass is 16.5. The van der Waals surface area contributed by atoms with Gasteiger partial charge in [0, 0.05) is 0 Å². The number of ether oxygens (including phenoxy) is 1. The summed E-state index contributed by atoms with van der Waals surface area (Å²) in [6.45, 7) is 3.77. The zero-order valence-electron chi connectivity index (χ0n) is 9.20. The summed E-state index contributed by atoms with van der Waals surface area (Å²) in [6, 6.07) is 2.94. The van der Waals surface area contributed by atoms with Crippen LogP contribution >= 0.6 is 0 Å². The van der Waals surface area contributed by atoms with Gasteiger partial charge < -0.3 is 16.2 Å². The zero-order valence-corrected chi connectivity index (χ0v) is 9.20. The molecular formula is C11H16N2O2. The van der Waals surface area contributed by atoms with E-state index in [0.29, 0.717) is 0 Å². The van der Waals surface area contributed by atoms with E-state index in [1.54, 1.807) is 7.11 Å². The molecule has 0 aromatic heterocycles. The molecule has 1 atom stereocenters. The molecule has 0 heterocycles. The minimum Gasteiger partial charge on any atom is -0.496 e. The fourth-order valence-electron chi connectivity index (χ4n) is 1.52. The van der Waals surface area contributed by atoms with E-state index in [1.165, 1.54) is 0 Å². The third kappa shape index (κ3) is 2.27. The highest BCUT2D eigenvalue weighted by Crippen LogP contribution is 2.25. The first-order valence-corrected chi connectivity index (χ1v) is 4.67. The van der Waals surface area contributed by atoms with Gasteiger partial charge in [-0.1, -0.05) is 6.07 Å². The molecule has 0 aliphatic rings. The van der Waals surface area contributed by atoms with Crippen LogP contribution in [0, 0.1) is 13.8 Å². The second kappa shape index (κ2) is 4.31. The van der Waals surface area contributed by atoms with E-state index in [0.717, 1.165) is 22.4 Å². The number of primary amides is 1. The minimum atomic E-state index is -0.755. The number of methoxy groups -OCH3 is 1. The number of benzene rings is 1. The lowest BCUT2D eigenvalue weighted by atomic mass is 9.98. The maximum atomic E-state index is 11.0. The van der Waals surface area contributed by atoms with Crippen molar-refractivity contribution in [3.8, 4) is 5.75 Å². The van der Waals surface area contributed by atoms with Crippen molar-refractivity contribution in [2.45, 2.75) is 19.9 Å². The van der Waals surface area contributed by atoms with Gasteiger partial charge in [0.2, 0.25) is 5.91 Å². The molecule has 1 amide bonds. The summed E-state index contributed by atoms with van der Waals surface area (Å²) in [4.78, 5) is 11.0. The first kappa shape index (κ1) is 11.5. The third-order valence-electron chi connectivity index (χ3n) is 2.43. The van der Waals surface area contributed by atoms with Gasteiger partial charge in [0.15, 0.2) is 0 Å². The quantitative estimate of drug-likeness (QED) is 0.771. The average Bonchev–Trinajstić information content (AvgIpc) is 2.19. The van der Waals surface area contributed by atoms with Gasteiger partial charge in [-0.25, -0.2) is 0 Å². The standard InChI is InChI=1S/C11H16N2O2/c1-6-5-9(15-3)7(2)4-8(6)10(12)11(13)14/h4-5,10H,12H2,1-3H3,(H2,13,14). The van der Waals surface area contributed by atoms with Crippen molar-refractivity contribution in [3.05, 3.63) is 28.8 Å². The topological polar surface area (TPSA) is 78.3 Å². The summed E-state index contributed by atoms with van der Waals surface area (Å²) in [6.07, 6.45) is 0. The molecule has 4 heteroatoms. The van der Waals surface area contributed by atoms with Crippen LogP contribution in [0.4, 0.5) is 0 Å². The van der Waals surface area contributed by atoms with Crippen LogP contribution in [0.2, 0.25) is 0 Å². The second-order valence-electron chi connectivity index (χ2n) is 3.56. The van der Waals surface area contributed by atoms with E-state index in [4.69, 9.17) is 16.2 Å². The molecule has 0 saturated heterocycles. The van der Waals surface area contributed by atoms with Gasteiger partial charge in [-0.3, -0.25) is 4.79 Å². The fraction of sp³-hybridized carbons (Fsp3) is 0.364. The highest BCUT2D eigenvalue weighted by Gasteiger charge is 2.16. The lowest BCUT2D eigenvalue weighted by Gasteiger charge is -2.14. The number of aryl methyl sites for hydroxylation is 2. The van der Waals surface area contributed by atoms with Gasteiger partial charge in [0.25, 0.3) is 0 Å². The first-order chi connectivity index (χ1) is 6.97. The monoisotopic (exact) mass is 208 g/mol. The third-order valence-corrected chi connectivity index (χ3v) is 2.43. The van der Waals surface area contributed by atoms with E-state index in [-0.39, 0.29) is 0 Å². The smallest absolute Gasteiger partial charge is 0.238 e. The first-order valence-electron chi connectivity index (χ1n) is 4.67. The number of nitrogens with two attached hydrogens (primary N) is 2. The fourth-order valence-corrected chi connectivity index (χ4v) is 1.52. The summed E-state index contributed by atoms with van der Waals surface area (Å²) in [5.41, 5.74) is 13.4. The molecule has 4 N–H and O–H groups in total. The van der Waals surface area contributed by atoms with E-state index in [1.807, 2.05) is 26.0 Å².